The Labute approximate surface area is 161 Å². The average molecular weight is 379 g/mol. The van der Waals surface area contributed by atoms with Gasteiger partial charge >= 0.3 is 0 Å². The van der Waals surface area contributed by atoms with Crippen LogP contribution in [0.3, 0.4) is 0 Å². The molecule has 27 heavy (non-hydrogen) atoms. The molecule has 1 amide bonds. The zero-order valence-electron chi connectivity index (χ0n) is 14.4. The monoisotopic (exact) mass is 378 g/mol. The molecule has 7 heteroatoms. The van der Waals surface area contributed by atoms with E-state index in [9.17, 15) is 10.1 Å². The standard InChI is InChI=1S/C20H15ClN4O2/c1-27-19-7-6-15(21)9-18(19)25-20(26)14-8-16(12-23-11-14)24-17-5-3-2-4-13(17)10-22/h2-9,11-12,24H,1H3,(H,25,26). The fourth-order valence-corrected chi connectivity index (χ4v) is 2.62. The van der Waals surface area contributed by atoms with Crippen molar-refractivity contribution >= 4 is 34.6 Å². The van der Waals surface area contributed by atoms with E-state index >= 15 is 0 Å². The lowest BCUT2D eigenvalue weighted by atomic mass is 10.2. The van der Waals surface area contributed by atoms with Crippen LogP contribution in [-0.4, -0.2) is 18.0 Å². The maximum Gasteiger partial charge on any atom is 0.257 e. The van der Waals surface area contributed by atoms with Gasteiger partial charge in [0.2, 0.25) is 0 Å². The first kappa shape index (κ1) is 18.2. The number of nitrogens with zero attached hydrogens (tertiary/aromatic N) is 2. The Balaban J connectivity index is 1.82. The Morgan fingerprint density at radius 1 is 1.15 bits per heavy atom. The lowest BCUT2D eigenvalue weighted by Crippen LogP contribution is -2.13. The third-order valence-electron chi connectivity index (χ3n) is 3.74. The molecule has 1 aromatic heterocycles. The number of aromatic nitrogens is 1. The van der Waals surface area contributed by atoms with Crippen LogP contribution in [0, 0.1) is 11.3 Å². The van der Waals surface area contributed by atoms with Crippen LogP contribution in [0.5, 0.6) is 5.75 Å². The van der Waals surface area contributed by atoms with Crippen molar-refractivity contribution in [1.82, 2.24) is 4.98 Å². The SMILES string of the molecule is COc1ccc(Cl)cc1NC(=O)c1cncc(Nc2ccccc2C#N)c1. The quantitative estimate of drug-likeness (QED) is 0.676. The number of carbonyl (C=O) groups is 1. The van der Waals surface area contributed by atoms with E-state index < -0.39 is 0 Å². The molecule has 0 atom stereocenters. The largest absolute Gasteiger partial charge is 0.495 e. The Morgan fingerprint density at radius 2 is 1.96 bits per heavy atom. The zero-order chi connectivity index (χ0) is 19.2. The van der Waals surface area contributed by atoms with E-state index in [2.05, 4.69) is 21.7 Å². The minimum absolute atomic E-state index is 0.344. The molecule has 0 bridgehead atoms. The highest BCUT2D eigenvalue weighted by atomic mass is 35.5. The van der Waals surface area contributed by atoms with Crippen molar-refractivity contribution in [1.29, 1.82) is 5.26 Å². The first-order chi connectivity index (χ1) is 13.1. The number of carbonyl (C=O) groups excluding carboxylic acids is 1. The number of nitrogens with one attached hydrogen (secondary N) is 2. The third-order valence-corrected chi connectivity index (χ3v) is 3.97. The Bertz CT molecular complexity index is 1030. The first-order valence-corrected chi connectivity index (χ1v) is 8.34. The van der Waals surface area contributed by atoms with Gasteiger partial charge < -0.3 is 15.4 Å². The highest BCUT2D eigenvalue weighted by Crippen LogP contribution is 2.28. The summed E-state index contributed by atoms with van der Waals surface area (Å²) in [5, 5.41) is 15.5. The van der Waals surface area contributed by atoms with E-state index in [1.807, 2.05) is 6.07 Å². The number of rotatable bonds is 5. The van der Waals surface area contributed by atoms with Crippen LogP contribution in [0.25, 0.3) is 0 Å². The van der Waals surface area contributed by atoms with E-state index in [1.165, 1.54) is 13.3 Å². The van der Waals surface area contributed by atoms with Crippen molar-refractivity contribution in [2.75, 3.05) is 17.7 Å². The summed E-state index contributed by atoms with van der Waals surface area (Å²) in [6.45, 7) is 0. The van der Waals surface area contributed by atoms with Gasteiger partial charge in [-0.3, -0.25) is 9.78 Å². The molecule has 0 aliphatic rings. The molecule has 0 unspecified atom stereocenters. The van der Waals surface area contributed by atoms with Crippen LogP contribution < -0.4 is 15.4 Å². The normalized spacial score (nSPS) is 9.96. The predicted octanol–water partition coefficient (Wildman–Crippen LogP) is 4.61. The van der Waals surface area contributed by atoms with Crippen LogP contribution in [0.15, 0.2) is 60.9 Å². The molecular formula is C20H15ClN4O2. The summed E-state index contributed by atoms with van der Waals surface area (Å²) in [7, 11) is 1.51. The molecule has 1 heterocycles. The van der Waals surface area contributed by atoms with Crippen molar-refractivity contribution < 1.29 is 9.53 Å². The molecule has 2 aromatic carbocycles. The summed E-state index contributed by atoms with van der Waals surface area (Å²) in [6.07, 6.45) is 3.03. The summed E-state index contributed by atoms with van der Waals surface area (Å²) in [4.78, 5) is 16.7. The summed E-state index contributed by atoms with van der Waals surface area (Å²) in [5.41, 5.74) is 2.52. The minimum atomic E-state index is -0.361. The second kappa shape index (κ2) is 8.21. The summed E-state index contributed by atoms with van der Waals surface area (Å²) < 4.78 is 5.23. The predicted molar refractivity (Wildman–Crippen MR) is 105 cm³/mol. The average Bonchev–Trinajstić information content (AvgIpc) is 2.69. The lowest BCUT2D eigenvalue weighted by Gasteiger charge is -2.12. The van der Waals surface area contributed by atoms with Gasteiger partial charge in [-0.15, -0.1) is 0 Å². The molecule has 2 N–H and O–H groups in total. The van der Waals surface area contributed by atoms with Crippen molar-refractivity contribution in [3.05, 3.63) is 77.1 Å². The van der Waals surface area contributed by atoms with E-state index in [-0.39, 0.29) is 5.91 Å². The van der Waals surface area contributed by atoms with Gasteiger partial charge in [-0.1, -0.05) is 23.7 Å². The van der Waals surface area contributed by atoms with Crippen molar-refractivity contribution in [3.63, 3.8) is 0 Å². The molecule has 0 fully saturated rings. The zero-order valence-corrected chi connectivity index (χ0v) is 15.1. The lowest BCUT2D eigenvalue weighted by molar-refractivity contribution is 0.102. The Hall–Kier alpha value is -3.56. The Morgan fingerprint density at radius 3 is 2.74 bits per heavy atom. The second-order valence-electron chi connectivity index (χ2n) is 5.54. The number of ether oxygens (including phenoxy) is 1. The molecule has 0 saturated carbocycles. The maximum atomic E-state index is 12.6. The molecule has 0 radical (unpaired) electrons. The van der Waals surface area contributed by atoms with Gasteiger partial charge in [0.1, 0.15) is 11.8 Å². The van der Waals surface area contributed by atoms with Crippen molar-refractivity contribution in [2.45, 2.75) is 0 Å². The van der Waals surface area contributed by atoms with E-state index in [1.54, 1.807) is 48.7 Å². The number of amides is 1. The van der Waals surface area contributed by atoms with Gasteiger partial charge in [-0.25, -0.2) is 0 Å². The maximum absolute atomic E-state index is 12.6. The molecule has 6 nitrogen and oxygen atoms in total. The number of methoxy groups -OCH3 is 1. The van der Waals surface area contributed by atoms with Gasteiger partial charge in [0.25, 0.3) is 5.91 Å². The van der Waals surface area contributed by atoms with Crippen LogP contribution in [0.2, 0.25) is 5.02 Å². The third kappa shape index (κ3) is 4.35. The van der Waals surface area contributed by atoms with E-state index in [4.69, 9.17) is 16.3 Å². The highest BCUT2D eigenvalue weighted by molar-refractivity contribution is 6.31. The number of para-hydroxylation sites is 1. The van der Waals surface area contributed by atoms with Crippen LogP contribution in [0.1, 0.15) is 15.9 Å². The summed E-state index contributed by atoms with van der Waals surface area (Å²) >= 11 is 5.99. The molecule has 0 saturated heterocycles. The topological polar surface area (TPSA) is 87.0 Å². The fraction of sp³-hybridized carbons (Fsp3) is 0.0500. The van der Waals surface area contributed by atoms with Gasteiger partial charge in [-0.05, 0) is 36.4 Å². The van der Waals surface area contributed by atoms with Crippen LogP contribution >= 0.6 is 11.6 Å². The number of hydrogen-bond donors (Lipinski definition) is 2. The van der Waals surface area contributed by atoms with Gasteiger partial charge in [0, 0.05) is 11.2 Å². The number of pyridine rings is 1. The number of hydrogen-bond acceptors (Lipinski definition) is 5. The number of anilines is 3. The smallest absolute Gasteiger partial charge is 0.257 e. The van der Waals surface area contributed by atoms with E-state index in [0.717, 1.165) is 0 Å². The van der Waals surface area contributed by atoms with Gasteiger partial charge in [-0.2, -0.15) is 5.26 Å². The van der Waals surface area contributed by atoms with Gasteiger partial charge in [0.05, 0.1) is 41.5 Å². The number of nitriles is 1. The number of halogens is 1. The number of benzene rings is 2. The Kier molecular flexibility index (Phi) is 5.55. The summed E-state index contributed by atoms with van der Waals surface area (Å²) in [6, 6.07) is 15.8. The molecule has 3 aromatic rings. The second-order valence-corrected chi connectivity index (χ2v) is 5.98. The minimum Gasteiger partial charge on any atom is -0.495 e. The molecule has 0 aliphatic heterocycles. The van der Waals surface area contributed by atoms with Crippen LogP contribution in [-0.2, 0) is 0 Å². The molecule has 0 spiro atoms. The van der Waals surface area contributed by atoms with E-state index in [0.29, 0.717) is 39.0 Å². The van der Waals surface area contributed by atoms with Gasteiger partial charge in [0.15, 0.2) is 0 Å². The van der Waals surface area contributed by atoms with Crippen molar-refractivity contribution in [3.8, 4) is 11.8 Å². The molecule has 134 valence electrons. The first-order valence-electron chi connectivity index (χ1n) is 7.97. The van der Waals surface area contributed by atoms with Crippen molar-refractivity contribution in [2.24, 2.45) is 0 Å². The van der Waals surface area contributed by atoms with Crippen LogP contribution in [0.4, 0.5) is 17.1 Å². The highest BCUT2D eigenvalue weighted by Gasteiger charge is 2.12. The molecular weight excluding hydrogens is 364 g/mol. The molecule has 0 aliphatic carbocycles. The fourth-order valence-electron chi connectivity index (χ4n) is 2.45. The molecule has 3 rings (SSSR count). The summed E-state index contributed by atoms with van der Waals surface area (Å²) in [5.74, 6) is 0.137.